The second-order valence-corrected chi connectivity index (χ2v) is 4.61. The predicted molar refractivity (Wildman–Crippen MR) is 64.4 cm³/mol. The van der Waals surface area contributed by atoms with E-state index < -0.39 is 35.6 Å². The van der Waals surface area contributed by atoms with Gasteiger partial charge < -0.3 is 14.8 Å². The molecular formula is C12H9ClF3NO4. The summed E-state index contributed by atoms with van der Waals surface area (Å²) in [6.45, 7) is 0. The van der Waals surface area contributed by atoms with E-state index in [0.717, 1.165) is 12.1 Å². The maximum Gasteiger partial charge on any atom is 0.573 e. The zero-order chi connectivity index (χ0) is 15.6. The van der Waals surface area contributed by atoms with Gasteiger partial charge in [-0.3, -0.25) is 9.59 Å². The SMILES string of the molecule is O=C(Cl)CC1OC(c2cccc(OC(F)(F)F)c2)NC1=O. The van der Waals surface area contributed by atoms with Gasteiger partial charge in [0.05, 0.1) is 6.42 Å². The van der Waals surface area contributed by atoms with Crippen LogP contribution in [0.5, 0.6) is 5.75 Å². The van der Waals surface area contributed by atoms with Crippen LogP contribution in [0.15, 0.2) is 24.3 Å². The molecule has 0 bridgehead atoms. The van der Waals surface area contributed by atoms with Crippen molar-refractivity contribution in [1.82, 2.24) is 5.32 Å². The van der Waals surface area contributed by atoms with Gasteiger partial charge in [-0.2, -0.15) is 0 Å². The van der Waals surface area contributed by atoms with E-state index >= 15 is 0 Å². The largest absolute Gasteiger partial charge is 0.573 e. The molecule has 1 fully saturated rings. The molecule has 0 spiro atoms. The summed E-state index contributed by atoms with van der Waals surface area (Å²) in [6, 6.07) is 4.99. The quantitative estimate of drug-likeness (QED) is 0.863. The first-order valence-corrected chi connectivity index (χ1v) is 6.12. The van der Waals surface area contributed by atoms with Gasteiger partial charge >= 0.3 is 6.36 Å². The molecule has 114 valence electrons. The standard InChI is InChI=1S/C12H9ClF3NO4/c13-9(18)5-8-10(19)17-11(20-8)6-2-1-3-7(4-6)21-12(14,15)16/h1-4,8,11H,5H2,(H,17,19). The summed E-state index contributed by atoms with van der Waals surface area (Å²) in [5, 5.41) is 1.66. The van der Waals surface area contributed by atoms with Gasteiger partial charge in [0.15, 0.2) is 6.23 Å². The summed E-state index contributed by atoms with van der Waals surface area (Å²) in [4.78, 5) is 22.3. The normalized spacial score (nSPS) is 22.0. The molecule has 0 aromatic heterocycles. The fraction of sp³-hybridized carbons (Fsp3) is 0.333. The Balaban J connectivity index is 2.11. The van der Waals surface area contributed by atoms with Crippen molar-refractivity contribution in [2.24, 2.45) is 0 Å². The Kier molecular flexibility index (Phi) is 4.38. The van der Waals surface area contributed by atoms with Crippen LogP contribution in [0.3, 0.4) is 0 Å². The highest BCUT2D eigenvalue weighted by Gasteiger charge is 2.35. The second-order valence-electron chi connectivity index (χ2n) is 4.19. The first kappa shape index (κ1) is 15.6. The third kappa shape index (κ3) is 4.33. The molecule has 0 radical (unpaired) electrons. The van der Waals surface area contributed by atoms with Gasteiger partial charge in [0.25, 0.3) is 5.91 Å². The zero-order valence-electron chi connectivity index (χ0n) is 10.3. The van der Waals surface area contributed by atoms with Crippen LogP contribution in [0.25, 0.3) is 0 Å². The number of nitrogens with one attached hydrogen (secondary N) is 1. The molecule has 5 nitrogen and oxygen atoms in total. The fourth-order valence-corrected chi connectivity index (χ4v) is 1.95. The number of alkyl halides is 3. The van der Waals surface area contributed by atoms with Crippen molar-refractivity contribution < 1.29 is 32.2 Å². The molecule has 2 atom stereocenters. The number of carbonyl (C=O) groups is 2. The summed E-state index contributed by atoms with van der Waals surface area (Å²) >= 11 is 5.17. The van der Waals surface area contributed by atoms with Crippen LogP contribution >= 0.6 is 11.6 Å². The molecule has 2 unspecified atom stereocenters. The summed E-state index contributed by atoms with van der Waals surface area (Å²) in [5.74, 6) is -0.995. The van der Waals surface area contributed by atoms with Crippen molar-refractivity contribution >= 4 is 22.8 Å². The number of halogens is 4. The molecule has 1 saturated heterocycles. The van der Waals surface area contributed by atoms with Crippen LogP contribution in [0.4, 0.5) is 13.2 Å². The minimum atomic E-state index is -4.81. The highest BCUT2D eigenvalue weighted by atomic mass is 35.5. The Bertz CT molecular complexity index is 564. The van der Waals surface area contributed by atoms with Gasteiger partial charge in [0.1, 0.15) is 11.9 Å². The minimum absolute atomic E-state index is 0.259. The number of rotatable bonds is 4. The van der Waals surface area contributed by atoms with Crippen LogP contribution in [0, 0.1) is 0 Å². The maximum atomic E-state index is 12.1. The second kappa shape index (κ2) is 5.90. The summed E-state index contributed by atoms with van der Waals surface area (Å²) in [6.07, 6.45) is -7.16. The van der Waals surface area contributed by atoms with Crippen molar-refractivity contribution in [3.05, 3.63) is 29.8 Å². The lowest BCUT2D eigenvalue weighted by Gasteiger charge is -2.13. The average molecular weight is 324 g/mol. The predicted octanol–water partition coefficient (Wildman–Crippen LogP) is 2.25. The summed E-state index contributed by atoms with van der Waals surface area (Å²) < 4.78 is 45.5. The molecule has 0 aliphatic carbocycles. The molecule has 1 aromatic rings. The van der Waals surface area contributed by atoms with E-state index in [2.05, 4.69) is 10.1 Å². The molecule has 0 saturated carbocycles. The van der Waals surface area contributed by atoms with E-state index in [-0.39, 0.29) is 12.0 Å². The lowest BCUT2D eigenvalue weighted by Crippen LogP contribution is -2.25. The van der Waals surface area contributed by atoms with Crippen molar-refractivity contribution in [2.75, 3.05) is 0 Å². The molecule has 21 heavy (non-hydrogen) atoms. The van der Waals surface area contributed by atoms with Crippen molar-refractivity contribution in [3.63, 3.8) is 0 Å². The van der Waals surface area contributed by atoms with Gasteiger partial charge in [-0.1, -0.05) is 12.1 Å². The minimum Gasteiger partial charge on any atom is -0.406 e. The Morgan fingerprint density at radius 2 is 2.14 bits per heavy atom. The van der Waals surface area contributed by atoms with Gasteiger partial charge in [0.2, 0.25) is 5.24 Å². The number of hydrogen-bond donors (Lipinski definition) is 1. The van der Waals surface area contributed by atoms with Gasteiger partial charge in [-0.15, -0.1) is 13.2 Å². The molecule has 1 aromatic carbocycles. The zero-order valence-corrected chi connectivity index (χ0v) is 11.1. The van der Waals surface area contributed by atoms with E-state index in [0.29, 0.717) is 0 Å². The lowest BCUT2D eigenvalue weighted by atomic mass is 10.2. The maximum absolute atomic E-state index is 12.1. The number of carbonyl (C=O) groups excluding carboxylic acids is 2. The van der Waals surface area contributed by atoms with Crippen molar-refractivity contribution in [1.29, 1.82) is 0 Å². The molecule has 1 heterocycles. The van der Waals surface area contributed by atoms with Crippen molar-refractivity contribution in [2.45, 2.75) is 25.1 Å². The number of amides is 1. The molecular weight excluding hydrogens is 315 g/mol. The van der Waals surface area contributed by atoms with Crippen LogP contribution in [-0.2, 0) is 14.3 Å². The van der Waals surface area contributed by atoms with Crippen LogP contribution in [0.1, 0.15) is 18.2 Å². The number of hydrogen-bond acceptors (Lipinski definition) is 4. The third-order valence-corrected chi connectivity index (χ3v) is 2.76. The lowest BCUT2D eigenvalue weighted by molar-refractivity contribution is -0.274. The first-order chi connectivity index (χ1) is 9.74. The number of benzene rings is 1. The highest BCUT2D eigenvalue weighted by molar-refractivity contribution is 6.63. The molecule has 2 rings (SSSR count). The topological polar surface area (TPSA) is 64.6 Å². The first-order valence-electron chi connectivity index (χ1n) is 5.74. The van der Waals surface area contributed by atoms with E-state index in [1.807, 2.05) is 0 Å². The molecule has 1 amide bonds. The molecule has 1 aliphatic rings. The van der Waals surface area contributed by atoms with Crippen molar-refractivity contribution in [3.8, 4) is 5.75 Å². The Morgan fingerprint density at radius 3 is 2.76 bits per heavy atom. The Morgan fingerprint density at radius 1 is 1.43 bits per heavy atom. The van der Waals surface area contributed by atoms with Gasteiger partial charge in [0, 0.05) is 5.56 Å². The number of ether oxygens (including phenoxy) is 2. The fourth-order valence-electron chi connectivity index (χ4n) is 1.81. The third-order valence-electron chi connectivity index (χ3n) is 2.61. The van der Waals surface area contributed by atoms with Gasteiger partial charge in [-0.05, 0) is 23.7 Å². The van der Waals surface area contributed by atoms with Crippen LogP contribution in [0.2, 0.25) is 0 Å². The summed E-state index contributed by atoms with van der Waals surface area (Å²) in [7, 11) is 0. The Hall–Kier alpha value is -1.80. The van der Waals surface area contributed by atoms with E-state index in [4.69, 9.17) is 16.3 Å². The van der Waals surface area contributed by atoms with E-state index in [1.165, 1.54) is 12.1 Å². The smallest absolute Gasteiger partial charge is 0.406 e. The molecule has 1 aliphatic heterocycles. The molecule has 9 heteroatoms. The summed E-state index contributed by atoms with van der Waals surface area (Å²) in [5.41, 5.74) is 0.259. The molecule has 1 N–H and O–H groups in total. The van der Waals surface area contributed by atoms with Crippen LogP contribution in [-0.4, -0.2) is 23.6 Å². The van der Waals surface area contributed by atoms with Crippen LogP contribution < -0.4 is 10.1 Å². The highest BCUT2D eigenvalue weighted by Crippen LogP contribution is 2.29. The average Bonchev–Trinajstić information content (AvgIpc) is 2.68. The monoisotopic (exact) mass is 323 g/mol. The van der Waals surface area contributed by atoms with E-state index in [1.54, 1.807) is 0 Å². The van der Waals surface area contributed by atoms with E-state index in [9.17, 15) is 22.8 Å². The Labute approximate surface area is 122 Å². The van der Waals surface area contributed by atoms with Gasteiger partial charge in [-0.25, -0.2) is 0 Å².